The molecule has 0 bridgehead atoms. The van der Waals surface area contributed by atoms with E-state index < -0.39 is 0 Å². The van der Waals surface area contributed by atoms with Crippen LogP contribution in [0.25, 0.3) is 11.0 Å². The van der Waals surface area contributed by atoms with Gasteiger partial charge < -0.3 is 4.98 Å². The maximum absolute atomic E-state index is 4.12. The standard InChI is InChI=1S/C8H9N3/c1-5-3-7-8(11-5)6(2)9-4-10-7/h3-4,11H,1-2H3. The van der Waals surface area contributed by atoms with E-state index in [1.54, 1.807) is 6.33 Å². The predicted molar refractivity (Wildman–Crippen MR) is 43.4 cm³/mol. The third kappa shape index (κ3) is 0.888. The molecule has 2 rings (SSSR count). The highest BCUT2D eigenvalue weighted by molar-refractivity contribution is 5.77. The van der Waals surface area contributed by atoms with Crippen molar-refractivity contribution in [2.45, 2.75) is 13.8 Å². The summed E-state index contributed by atoms with van der Waals surface area (Å²) in [5.74, 6) is 0. The van der Waals surface area contributed by atoms with E-state index in [2.05, 4.69) is 15.0 Å². The van der Waals surface area contributed by atoms with Crippen molar-refractivity contribution < 1.29 is 0 Å². The molecule has 0 saturated heterocycles. The molecule has 2 heterocycles. The molecule has 0 atom stereocenters. The number of nitrogens with zero attached hydrogens (tertiary/aromatic N) is 2. The lowest BCUT2D eigenvalue weighted by atomic mass is 10.3. The lowest BCUT2D eigenvalue weighted by Gasteiger charge is -1.90. The van der Waals surface area contributed by atoms with Gasteiger partial charge in [-0.25, -0.2) is 9.97 Å². The molecule has 0 saturated carbocycles. The highest BCUT2D eigenvalue weighted by Crippen LogP contribution is 2.13. The summed E-state index contributed by atoms with van der Waals surface area (Å²) in [7, 11) is 0. The number of hydrogen-bond acceptors (Lipinski definition) is 2. The average Bonchev–Trinajstić information content (AvgIpc) is 2.31. The molecule has 0 radical (unpaired) electrons. The Morgan fingerprint density at radius 3 is 2.82 bits per heavy atom. The van der Waals surface area contributed by atoms with Gasteiger partial charge in [0.1, 0.15) is 6.33 Å². The Balaban J connectivity index is 2.90. The average molecular weight is 147 g/mol. The van der Waals surface area contributed by atoms with Gasteiger partial charge in [0.2, 0.25) is 0 Å². The molecule has 0 aliphatic heterocycles. The topological polar surface area (TPSA) is 41.6 Å². The predicted octanol–water partition coefficient (Wildman–Crippen LogP) is 1.57. The van der Waals surface area contributed by atoms with E-state index >= 15 is 0 Å². The van der Waals surface area contributed by atoms with Crippen LogP contribution in [0.5, 0.6) is 0 Å². The lowest BCUT2D eigenvalue weighted by molar-refractivity contribution is 1.14. The summed E-state index contributed by atoms with van der Waals surface area (Å²) in [6.45, 7) is 3.99. The van der Waals surface area contributed by atoms with Gasteiger partial charge in [-0.3, -0.25) is 0 Å². The monoisotopic (exact) mass is 147 g/mol. The van der Waals surface area contributed by atoms with E-state index in [-0.39, 0.29) is 0 Å². The Kier molecular flexibility index (Phi) is 1.18. The molecule has 11 heavy (non-hydrogen) atoms. The van der Waals surface area contributed by atoms with E-state index in [0.29, 0.717) is 0 Å². The summed E-state index contributed by atoms with van der Waals surface area (Å²) in [6, 6.07) is 2.02. The van der Waals surface area contributed by atoms with Crippen LogP contribution < -0.4 is 0 Å². The second-order valence-corrected chi connectivity index (χ2v) is 2.67. The highest BCUT2D eigenvalue weighted by atomic mass is 14.9. The zero-order chi connectivity index (χ0) is 7.84. The van der Waals surface area contributed by atoms with Gasteiger partial charge in [0.15, 0.2) is 0 Å². The minimum atomic E-state index is 0.995. The molecule has 2 aromatic rings. The summed E-state index contributed by atoms with van der Waals surface area (Å²) in [5, 5.41) is 0. The summed E-state index contributed by atoms with van der Waals surface area (Å²) in [6.07, 6.45) is 1.59. The van der Waals surface area contributed by atoms with Crippen molar-refractivity contribution in [1.82, 2.24) is 15.0 Å². The van der Waals surface area contributed by atoms with Gasteiger partial charge in [0.05, 0.1) is 16.7 Å². The van der Waals surface area contributed by atoms with E-state index in [1.165, 1.54) is 0 Å². The zero-order valence-electron chi connectivity index (χ0n) is 6.55. The maximum atomic E-state index is 4.12. The first-order chi connectivity index (χ1) is 5.27. The lowest BCUT2D eigenvalue weighted by Crippen LogP contribution is -1.83. The van der Waals surface area contributed by atoms with Gasteiger partial charge in [-0.15, -0.1) is 0 Å². The minimum absolute atomic E-state index is 0.995. The maximum Gasteiger partial charge on any atom is 0.116 e. The van der Waals surface area contributed by atoms with Gasteiger partial charge in [0.25, 0.3) is 0 Å². The Labute approximate surface area is 64.5 Å². The number of fused-ring (bicyclic) bond motifs is 1. The molecule has 56 valence electrons. The summed E-state index contributed by atoms with van der Waals surface area (Å²) in [5.41, 5.74) is 4.17. The van der Waals surface area contributed by atoms with Crippen LogP contribution >= 0.6 is 0 Å². The third-order valence-corrected chi connectivity index (χ3v) is 1.74. The molecular formula is C8H9N3. The molecule has 0 aliphatic carbocycles. The largest absolute Gasteiger partial charge is 0.356 e. The number of hydrogen-bond donors (Lipinski definition) is 1. The first-order valence-electron chi connectivity index (χ1n) is 3.54. The van der Waals surface area contributed by atoms with E-state index in [9.17, 15) is 0 Å². The zero-order valence-corrected chi connectivity index (χ0v) is 6.55. The molecular weight excluding hydrogens is 138 g/mol. The van der Waals surface area contributed by atoms with Crippen molar-refractivity contribution in [3.05, 3.63) is 23.8 Å². The van der Waals surface area contributed by atoms with Crippen molar-refractivity contribution in [2.24, 2.45) is 0 Å². The van der Waals surface area contributed by atoms with Crippen molar-refractivity contribution in [2.75, 3.05) is 0 Å². The van der Waals surface area contributed by atoms with Gasteiger partial charge in [-0.2, -0.15) is 0 Å². The van der Waals surface area contributed by atoms with Gasteiger partial charge in [-0.05, 0) is 19.9 Å². The van der Waals surface area contributed by atoms with Gasteiger partial charge in [-0.1, -0.05) is 0 Å². The molecule has 1 N–H and O–H groups in total. The van der Waals surface area contributed by atoms with Crippen LogP contribution in [0.4, 0.5) is 0 Å². The van der Waals surface area contributed by atoms with Crippen LogP contribution in [0.3, 0.4) is 0 Å². The summed E-state index contributed by atoms with van der Waals surface area (Å²) >= 11 is 0. The number of aromatic amines is 1. The highest BCUT2D eigenvalue weighted by Gasteiger charge is 2.00. The van der Waals surface area contributed by atoms with Crippen LogP contribution in [-0.2, 0) is 0 Å². The Morgan fingerprint density at radius 2 is 2.09 bits per heavy atom. The Bertz CT molecular complexity index is 389. The molecule has 3 heteroatoms. The molecule has 0 aliphatic rings. The first-order valence-corrected chi connectivity index (χ1v) is 3.54. The number of nitrogens with one attached hydrogen (secondary N) is 1. The number of H-pyrrole nitrogens is 1. The smallest absolute Gasteiger partial charge is 0.116 e. The van der Waals surface area contributed by atoms with Crippen molar-refractivity contribution in [3.63, 3.8) is 0 Å². The molecule has 3 nitrogen and oxygen atoms in total. The first kappa shape index (κ1) is 6.34. The second-order valence-electron chi connectivity index (χ2n) is 2.67. The fourth-order valence-corrected chi connectivity index (χ4v) is 1.19. The Morgan fingerprint density at radius 1 is 1.27 bits per heavy atom. The van der Waals surface area contributed by atoms with E-state index in [1.807, 2.05) is 19.9 Å². The molecule has 0 amide bonds. The van der Waals surface area contributed by atoms with E-state index in [4.69, 9.17) is 0 Å². The molecule has 0 aromatic carbocycles. The van der Waals surface area contributed by atoms with Crippen LogP contribution in [0, 0.1) is 13.8 Å². The van der Waals surface area contributed by atoms with Gasteiger partial charge >= 0.3 is 0 Å². The number of aryl methyl sites for hydroxylation is 2. The van der Waals surface area contributed by atoms with Crippen LogP contribution in [0.2, 0.25) is 0 Å². The molecule has 0 spiro atoms. The number of aromatic nitrogens is 3. The molecule has 0 unspecified atom stereocenters. The number of rotatable bonds is 0. The quantitative estimate of drug-likeness (QED) is 0.614. The Hall–Kier alpha value is -1.38. The molecule has 2 aromatic heterocycles. The van der Waals surface area contributed by atoms with Crippen molar-refractivity contribution in [3.8, 4) is 0 Å². The third-order valence-electron chi connectivity index (χ3n) is 1.74. The van der Waals surface area contributed by atoms with Gasteiger partial charge in [0, 0.05) is 5.69 Å². The summed E-state index contributed by atoms with van der Waals surface area (Å²) < 4.78 is 0. The van der Waals surface area contributed by atoms with Crippen molar-refractivity contribution in [1.29, 1.82) is 0 Å². The summed E-state index contributed by atoms with van der Waals surface area (Å²) in [4.78, 5) is 11.4. The SMILES string of the molecule is Cc1cc2ncnc(C)c2[nH]1. The van der Waals surface area contributed by atoms with Crippen LogP contribution in [0.1, 0.15) is 11.4 Å². The molecule has 0 fully saturated rings. The van der Waals surface area contributed by atoms with E-state index in [0.717, 1.165) is 22.4 Å². The minimum Gasteiger partial charge on any atom is -0.356 e. The fraction of sp³-hybridized carbons (Fsp3) is 0.250. The normalized spacial score (nSPS) is 10.7. The fourth-order valence-electron chi connectivity index (χ4n) is 1.19. The second kappa shape index (κ2) is 2.05. The van der Waals surface area contributed by atoms with Crippen LogP contribution in [0.15, 0.2) is 12.4 Å². The van der Waals surface area contributed by atoms with Crippen LogP contribution in [-0.4, -0.2) is 15.0 Å². The van der Waals surface area contributed by atoms with Crippen molar-refractivity contribution >= 4 is 11.0 Å².